The highest BCUT2D eigenvalue weighted by atomic mass is 32.1. The molecule has 2 N–H and O–H groups in total. The summed E-state index contributed by atoms with van der Waals surface area (Å²) in [5, 5.41) is 7.70. The average molecular weight is 520 g/mol. The average Bonchev–Trinajstić information content (AvgIpc) is 3.33. The van der Waals surface area contributed by atoms with Crippen molar-refractivity contribution in [3.8, 4) is 11.6 Å². The first-order chi connectivity index (χ1) is 17.9. The molecular formula is C27H26FN5O3S. The van der Waals surface area contributed by atoms with E-state index in [2.05, 4.69) is 27.2 Å². The van der Waals surface area contributed by atoms with Crippen LogP contribution in [0.3, 0.4) is 0 Å². The van der Waals surface area contributed by atoms with Crippen molar-refractivity contribution in [2.45, 2.75) is 26.1 Å². The summed E-state index contributed by atoms with van der Waals surface area (Å²) >= 11 is 1.45. The molecule has 5 rings (SSSR count). The van der Waals surface area contributed by atoms with Crippen molar-refractivity contribution in [1.29, 1.82) is 0 Å². The van der Waals surface area contributed by atoms with Crippen LogP contribution in [0.15, 0.2) is 66.6 Å². The number of thiophene rings is 1. The van der Waals surface area contributed by atoms with Crippen molar-refractivity contribution in [2.24, 2.45) is 0 Å². The third-order valence-corrected chi connectivity index (χ3v) is 6.63. The Morgan fingerprint density at radius 2 is 1.97 bits per heavy atom. The van der Waals surface area contributed by atoms with E-state index in [-0.39, 0.29) is 29.9 Å². The molecule has 0 radical (unpaired) electrons. The van der Waals surface area contributed by atoms with Crippen LogP contribution in [0.5, 0.6) is 11.6 Å². The number of rotatable bonds is 7. The predicted molar refractivity (Wildman–Crippen MR) is 145 cm³/mol. The van der Waals surface area contributed by atoms with E-state index in [1.165, 1.54) is 23.5 Å². The second-order valence-electron chi connectivity index (χ2n) is 8.76. The van der Waals surface area contributed by atoms with Crippen LogP contribution in [0.4, 0.5) is 27.4 Å². The van der Waals surface area contributed by atoms with Crippen molar-refractivity contribution in [1.82, 2.24) is 9.97 Å². The molecule has 1 fully saturated rings. The van der Waals surface area contributed by atoms with Crippen molar-refractivity contribution in [3.63, 3.8) is 0 Å². The minimum atomic E-state index is -0.335. The lowest BCUT2D eigenvalue weighted by Crippen LogP contribution is -2.45. The van der Waals surface area contributed by atoms with Crippen LogP contribution < -0.4 is 20.3 Å². The van der Waals surface area contributed by atoms with Gasteiger partial charge in [-0.25, -0.2) is 9.37 Å². The summed E-state index contributed by atoms with van der Waals surface area (Å²) in [5.74, 6) is 0.464. The molecule has 0 spiro atoms. The van der Waals surface area contributed by atoms with Gasteiger partial charge in [0, 0.05) is 30.5 Å². The molecule has 3 heterocycles. The second-order valence-corrected chi connectivity index (χ2v) is 9.68. The molecule has 1 aliphatic rings. The maximum absolute atomic E-state index is 15.1. The van der Waals surface area contributed by atoms with E-state index in [9.17, 15) is 4.79 Å². The number of nitrogens with one attached hydrogen (secondary N) is 2. The van der Waals surface area contributed by atoms with Gasteiger partial charge in [-0.05, 0) is 61.7 Å². The Labute approximate surface area is 217 Å². The van der Waals surface area contributed by atoms with Gasteiger partial charge in [0.2, 0.25) is 17.7 Å². The third kappa shape index (κ3) is 5.71. The lowest BCUT2D eigenvalue weighted by molar-refractivity contribution is -0.111. The van der Waals surface area contributed by atoms with Crippen molar-refractivity contribution >= 4 is 50.5 Å². The number of carbonyl (C=O) groups excluding carboxylic acids is 1. The largest absolute Gasteiger partial charge is 0.437 e. The summed E-state index contributed by atoms with van der Waals surface area (Å²) in [6.45, 7) is 8.70. The molecule has 190 valence electrons. The van der Waals surface area contributed by atoms with Crippen LogP contribution in [-0.2, 0) is 9.53 Å². The van der Waals surface area contributed by atoms with E-state index in [1.807, 2.05) is 30.2 Å². The maximum Gasteiger partial charge on any atom is 0.247 e. The Hall–Kier alpha value is -4.02. The summed E-state index contributed by atoms with van der Waals surface area (Å²) in [6, 6.07) is 13.8. The van der Waals surface area contributed by atoms with Gasteiger partial charge in [-0.1, -0.05) is 12.6 Å². The molecule has 0 bridgehead atoms. The number of ether oxygens (including phenoxy) is 2. The number of hydrogen-bond donors (Lipinski definition) is 2. The van der Waals surface area contributed by atoms with Gasteiger partial charge >= 0.3 is 0 Å². The fourth-order valence-corrected chi connectivity index (χ4v) is 5.00. The van der Waals surface area contributed by atoms with Gasteiger partial charge in [0.15, 0.2) is 0 Å². The summed E-state index contributed by atoms with van der Waals surface area (Å²) in [7, 11) is 0. The molecule has 0 aliphatic carbocycles. The molecule has 2 aromatic heterocycles. The van der Waals surface area contributed by atoms with Crippen LogP contribution in [0.2, 0.25) is 0 Å². The first-order valence-corrected chi connectivity index (χ1v) is 12.7. The van der Waals surface area contributed by atoms with Crippen LogP contribution >= 0.6 is 11.3 Å². The van der Waals surface area contributed by atoms with Crippen LogP contribution in [0.1, 0.15) is 13.8 Å². The van der Waals surface area contributed by atoms with E-state index in [0.29, 0.717) is 47.3 Å². The Morgan fingerprint density at radius 3 is 2.73 bits per heavy atom. The first-order valence-electron chi connectivity index (χ1n) is 11.8. The monoisotopic (exact) mass is 519 g/mol. The minimum Gasteiger partial charge on any atom is -0.437 e. The molecule has 37 heavy (non-hydrogen) atoms. The van der Waals surface area contributed by atoms with Gasteiger partial charge in [-0.2, -0.15) is 4.98 Å². The zero-order valence-corrected chi connectivity index (χ0v) is 21.2. The number of halogens is 1. The van der Waals surface area contributed by atoms with Crippen molar-refractivity contribution in [2.75, 3.05) is 28.6 Å². The summed E-state index contributed by atoms with van der Waals surface area (Å²) in [5.41, 5.74) is 2.32. The zero-order valence-electron chi connectivity index (χ0n) is 20.4. The van der Waals surface area contributed by atoms with Gasteiger partial charge in [0.1, 0.15) is 16.3 Å². The predicted octanol–water partition coefficient (Wildman–Crippen LogP) is 6.10. The summed E-state index contributed by atoms with van der Waals surface area (Å²) in [6.07, 6.45) is 1.26. The van der Waals surface area contributed by atoms with E-state index < -0.39 is 0 Å². The SMILES string of the molecule is C=CC(=O)Nc1cccc(Oc2nc(Nc3ccc(N4C[C@@H](C)O[C@@H](C)C4)c(F)c3)nc3ccsc23)c1. The number of hydrogen-bond acceptors (Lipinski definition) is 8. The Morgan fingerprint density at radius 1 is 1.16 bits per heavy atom. The number of anilines is 4. The molecule has 0 saturated carbocycles. The van der Waals surface area contributed by atoms with Gasteiger partial charge in [-0.15, -0.1) is 11.3 Å². The highest BCUT2D eigenvalue weighted by Crippen LogP contribution is 2.34. The Bertz CT molecular complexity index is 1450. The van der Waals surface area contributed by atoms with Crippen LogP contribution in [0, 0.1) is 5.82 Å². The third-order valence-electron chi connectivity index (χ3n) is 5.74. The molecular weight excluding hydrogens is 493 g/mol. The summed E-state index contributed by atoms with van der Waals surface area (Å²) < 4.78 is 27.7. The van der Waals surface area contributed by atoms with Crippen molar-refractivity contribution < 1.29 is 18.7 Å². The normalized spacial score (nSPS) is 17.4. The standard InChI is InChI=1S/C27H26FN5O3S/c1-4-24(34)29-18-6-5-7-20(12-18)36-26-25-22(10-11-37-25)31-27(32-26)30-19-8-9-23(21(28)13-19)33-14-16(2)35-17(3)15-33/h4-13,16-17H,1,14-15H2,2-3H3,(H,29,34)(H,30,31,32)/t16-,17+. The lowest BCUT2D eigenvalue weighted by Gasteiger charge is -2.37. The molecule has 1 amide bonds. The van der Waals surface area contributed by atoms with Gasteiger partial charge in [-0.3, -0.25) is 4.79 Å². The molecule has 0 unspecified atom stereocenters. The highest BCUT2D eigenvalue weighted by molar-refractivity contribution is 7.17. The maximum atomic E-state index is 15.1. The lowest BCUT2D eigenvalue weighted by atomic mass is 10.2. The number of amides is 1. The number of aromatic nitrogens is 2. The fourth-order valence-electron chi connectivity index (χ4n) is 4.25. The van der Waals surface area contributed by atoms with E-state index in [1.54, 1.807) is 36.4 Å². The summed E-state index contributed by atoms with van der Waals surface area (Å²) in [4.78, 5) is 22.7. The van der Waals surface area contributed by atoms with Gasteiger partial charge in [0.25, 0.3) is 0 Å². The molecule has 4 aromatic rings. The van der Waals surface area contributed by atoms with Gasteiger partial charge in [0.05, 0.1) is 23.4 Å². The smallest absolute Gasteiger partial charge is 0.247 e. The van der Waals surface area contributed by atoms with E-state index in [4.69, 9.17) is 9.47 Å². The quantitative estimate of drug-likeness (QED) is 0.285. The Balaban J connectivity index is 1.38. The molecule has 2 aromatic carbocycles. The zero-order chi connectivity index (χ0) is 25.9. The van der Waals surface area contributed by atoms with Crippen LogP contribution in [-0.4, -0.2) is 41.2 Å². The highest BCUT2D eigenvalue weighted by Gasteiger charge is 2.24. The number of fused-ring (bicyclic) bond motifs is 1. The number of benzene rings is 2. The molecule has 10 heteroatoms. The number of nitrogens with zero attached hydrogens (tertiary/aromatic N) is 3. The van der Waals surface area contributed by atoms with E-state index >= 15 is 4.39 Å². The molecule has 2 atom stereocenters. The number of morpholine rings is 1. The minimum absolute atomic E-state index is 0.0315. The number of carbonyl (C=O) groups is 1. The fraction of sp³-hybridized carbons (Fsp3) is 0.222. The van der Waals surface area contributed by atoms with E-state index in [0.717, 1.165) is 4.70 Å². The van der Waals surface area contributed by atoms with Crippen LogP contribution in [0.25, 0.3) is 10.2 Å². The topological polar surface area (TPSA) is 88.6 Å². The second kappa shape index (κ2) is 10.5. The van der Waals surface area contributed by atoms with Crippen molar-refractivity contribution in [3.05, 3.63) is 72.4 Å². The Kier molecular flexibility index (Phi) is 7.02. The first kappa shape index (κ1) is 24.7. The van der Waals surface area contributed by atoms with Gasteiger partial charge < -0.3 is 25.0 Å². The molecule has 1 saturated heterocycles. The molecule has 1 aliphatic heterocycles. The molecule has 8 nitrogen and oxygen atoms in total.